The van der Waals surface area contributed by atoms with Gasteiger partial charge in [0.1, 0.15) is 0 Å². The Hall–Kier alpha value is -1.60. The van der Waals surface area contributed by atoms with Crippen molar-refractivity contribution < 1.29 is 9.90 Å². The summed E-state index contributed by atoms with van der Waals surface area (Å²) in [4.78, 5) is 20.9. The summed E-state index contributed by atoms with van der Waals surface area (Å²) in [5, 5.41) is 12.9. The number of benzene rings is 1. The molecule has 0 unspecified atom stereocenters. The Kier molecular flexibility index (Phi) is 8.38. The zero-order valence-electron chi connectivity index (χ0n) is 15.6. The topological polar surface area (TPSA) is 68.2 Å². The van der Waals surface area contributed by atoms with Crippen molar-refractivity contribution in [1.29, 1.82) is 0 Å². The number of aliphatic hydroxyl groups excluding tert-OH is 1. The Bertz CT molecular complexity index is 615. The Morgan fingerprint density at radius 1 is 1.38 bits per heavy atom. The van der Waals surface area contributed by atoms with Crippen LogP contribution in [0.2, 0.25) is 0 Å². The fourth-order valence-electron chi connectivity index (χ4n) is 2.92. The van der Waals surface area contributed by atoms with Crippen molar-refractivity contribution in [3.05, 3.63) is 34.3 Å². The fraction of sp³-hybridized carbons (Fsp3) is 0.579. The van der Waals surface area contributed by atoms with Crippen LogP contribution < -0.4 is 5.32 Å². The molecule has 1 amide bonds. The number of likely N-dealkylation sites (tertiary alicyclic amines) is 1. The second-order valence-corrected chi connectivity index (χ2v) is 7.40. The first-order chi connectivity index (χ1) is 12.5. The molecule has 0 aromatic heterocycles. The molecule has 1 saturated heterocycles. The van der Waals surface area contributed by atoms with Crippen molar-refractivity contribution in [3.63, 3.8) is 0 Å². The Labute approximate surface area is 164 Å². The van der Waals surface area contributed by atoms with E-state index < -0.39 is 0 Å². The maximum atomic E-state index is 12.4. The highest BCUT2D eigenvalue weighted by atomic mass is 79.9. The highest BCUT2D eigenvalue weighted by Crippen LogP contribution is 2.17. The van der Waals surface area contributed by atoms with Crippen LogP contribution in [0.4, 0.5) is 0 Å². The van der Waals surface area contributed by atoms with Gasteiger partial charge < -0.3 is 20.2 Å². The van der Waals surface area contributed by atoms with Gasteiger partial charge in [-0.05, 0) is 31.4 Å². The monoisotopic (exact) mass is 424 g/mol. The third kappa shape index (κ3) is 6.29. The first-order valence-electron chi connectivity index (χ1n) is 9.20. The molecule has 2 N–H and O–H groups in total. The zero-order valence-corrected chi connectivity index (χ0v) is 17.2. The Balaban J connectivity index is 1.85. The number of aliphatic imine (C=N–C) groups is 1. The summed E-state index contributed by atoms with van der Waals surface area (Å²) in [5.74, 6) is 0.912. The van der Waals surface area contributed by atoms with Crippen LogP contribution in [0.1, 0.15) is 31.7 Å². The van der Waals surface area contributed by atoms with E-state index in [0.717, 1.165) is 48.5 Å². The summed E-state index contributed by atoms with van der Waals surface area (Å²) >= 11 is 3.52. The molecule has 1 aliphatic heterocycles. The Morgan fingerprint density at radius 2 is 2.08 bits per heavy atom. The number of carbonyl (C=O) groups is 1. The maximum absolute atomic E-state index is 12.4. The van der Waals surface area contributed by atoms with Gasteiger partial charge in [-0.2, -0.15) is 0 Å². The summed E-state index contributed by atoms with van der Waals surface area (Å²) in [6.07, 6.45) is 1.70. The number of guanidine groups is 1. The molecule has 1 aromatic rings. The average molecular weight is 425 g/mol. The molecule has 7 heteroatoms. The number of carbonyl (C=O) groups excluding carboxylic acids is 1. The molecule has 1 heterocycles. The van der Waals surface area contributed by atoms with Crippen LogP contribution in [0.3, 0.4) is 0 Å². The highest BCUT2D eigenvalue weighted by Gasteiger charge is 2.19. The number of rotatable bonds is 6. The number of hydrogen-bond acceptors (Lipinski definition) is 3. The quantitative estimate of drug-likeness (QED) is 0.542. The number of aliphatic hydroxyl groups is 1. The van der Waals surface area contributed by atoms with Gasteiger partial charge in [-0.3, -0.25) is 9.79 Å². The zero-order chi connectivity index (χ0) is 18.9. The van der Waals surface area contributed by atoms with Gasteiger partial charge >= 0.3 is 0 Å². The minimum atomic E-state index is -0.207. The smallest absolute Gasteiger partial charge is 0.224 e. The average Bonchev–Trinajstić information content (AvgIpc) is 2.63. The van der Waals surface area contributed by atoms with Crippen LogP contribution >= 0.6 is 15.9 Å². The molecule has 6 nitrogen and oxygen atoms in total. The molecule has 0 bridgehead atoms. The molecule has 0 saturated carbocycles. The minimum Gasteiger partial charge on any atom is -0.393 e. The number of hydrogen-bond donors (Lipinski definition) is 2. The summed E-state index contributed by atoms with van der Waals surface area (Å²) < 4.78 is 1.01. The lowest BCUT2D eigenvalue weighted by molar-refractivity contribution is -0.130. The van der Waals surface area contributed by atoms with Crippen molar-refractivity contribution in [3.8, 4) is 0 Å². The van der Waals surface area contributed by atoms with Crippen molar-refractivity contribution in [2.24, 2.45) is 4.99 Å². The fourth-order valence-corrected chi connectivity index (χ4v) is 3.33. The van der Waals surface area contributed by atoms with Crippen molar-refractivity contribution in [1.82, 2.24) is 15.1 Å². The van der Waals surface area contributed by atoms with Gasteiger partial charge in [0, 0.05) is 44.1 Å². The summed E-state index contributed by atoms with van der Waals surface area (Å²) in [7, 11) is 1.82. The molecule has 0 radical (unpaired) electrons. The predicted molar refractivity (Wildman–Crippen MR) is 108 cm³/mol. The third-order valence-electron chi connectivity index (χ3n) is 4.48. The second-order valence-electron chi connectivity index (χ2n) is 6.55. The van der Waals surface area contributed by atoms with Gasteiger partial charge in [-0.25, -0.2) is 0 Å². The number of amides is 1. The van der Waals surface area contributed by atoms with Gasteiger partial charge in [-0.1, -0.05) is 34.1 Å². The molecule has 1 aliphatic rings. The van der Waals surface area contributed by atoms with Crippen molar-refractivity contribution in [2.75, 3.05) is 33.2 Å². The molecule has 144 valence electrons. The van der Waals surface area contributed by atoms with E-state index in [0.29, 0.717) is 19.5 Å². The predicted octanol–water partition coefficient (Wildman–Crippen LogP) is 2.22. The Morgan fingerprint density at radius 3 is 2.73 bits per heavy atom. The van der Waals surface area contributed by atoms with Crippen LogP contribution in [0.25, 0.3) is 0 Å². The normalized spacial score (nSPS) is 15.8. The first kappa shape index (κ1) is 20.7. The highest BCUT2D eigenvalue weighted by molar-refractivity contribution is 9.10. The summed E-state index contributed by atoms with van der Waals surface area (Å²) in [6, 6.07) is 7.93. The van der Waals surface area contributed by atoms with Gasteiger partial charge in [0.05, 0.1) is 12.6 Å². The van der Waals surface area contributed by atoms with E-state index >= 15 is 0 Å². The summed E-state index contributed by atoms with van der Waals surface area (Å²) in [6.45, 7) is 5.44. The third-order valence-corrected chi connectivity index (χ3v) is 5.25. The van der Waals surface area contributed by atoms with Gasteiger partial charge in [0.25, 0.3) is 0 Å². The van der Waals surface area contributed by atoms with Gasteiger partial charge in [-0.15, -0.1) is 0 Å². The maximum Gasteiger partial charge on any atom is 0.224 e. The van der Waals surface area contributed by atoms with E-state index in [4.69, 9.17) is 0 Å². The van der Waals surface area contributed by atoms with E-state index in [9.17, 15) is 9.90 Å². The largest absolute Gasteiger partial charge is 0.393 e. The lowest BCUT2D eigenvalue weighted by Crippen LogP contribution is -2.46. The molecule has 0 spiro atoms. The molecule has 2 rings (SSSR count). The molecule has 0 atom stereocenters. The molecule has 26 heavy (non-hydrogen) atoms. The number of nitrogens with one attached hydrogen (secondary N) is 1. The van der Waals surface area contributed by atoms with Gasteiger partial charge in [0.2, 0.25) is 5.91 Å². The summed E-state index contributed by atoms with van der Waals surface area (Å²) in [5.41, 5.74) is 1.09. The number of halogens is 1. The van der Waals surface area contributed by atoms with E-state index in [-0.39, 0.29) is 12.0 Å². The van der Waals surface area contributed by atoms with Crippen molar-refractivity contribution >= 4 is 27.8 Å². The van der Waals surface area contributed by atoms with Gasteiger partial charge in [0.15, 0.2) is 5.96 Å². The second kappa shape index (κ2) is 10.5. The van der Waals surface area contributed by atoms with Crippen LogP contribution in [0.15, 0.2) is 33.7 Å². The molecule has 1 fully saturated rings. The number of nitrogens with zero attached hydrogens (tertiary/aromatic N) is 3. The van der Waals surface area contributed by atoms with Crippen molar-refractivity contribution in [2.45, 2.75) is 38.8 Å². The molecular weight excluding hydrogens is 396 g/mol. The van der Waals surface area contributed by atoms with Crippen LogP contribution in [0.5, 0.6) is 0 Å². The molecule has 0 aliphatic carbocycles. The number of piperidine rings is 1. The molecular formula is C19H29BrN4O2. The lowest BCUT2D eigenvalue weighted by Gasteiger charge is -2.32. The van der Waals surface area contributed by atoms with Crippen LogP contribution in [-0.4, -0.2) is 66.1 Å². The van der Waals surface area contributed by atoms with E-state index in [1.165, 1.54) is 0 Å². The van der Waals surface area contributed by atoms with E-state index in [1.54, 1.807) is 4.90 Å². The lowest BCUT2D eigenvalue weighted by atomic mass is 10.1. The van der Waals surface area contributed by atoms with E-state index in [2.05, 4.69) is 31.1 Å². The minimum absolute atomic E-state index is 0.0782. The molecule has 1 aromatic carbocycles. The van der Waals surface area contributed by atoms with Crippen LogP contribution in [-0.2, 0) is 11.3 Å². The van der Waals surface area contributed by atoms with Crippen LogP contribution in [0, 0.1) is 0 Å². The first-order valence-corrected chi connectivity index (χ1v) is 9.99. The standard InChI is InChI=1S/C19H29BrN4O2/c1-3-21-19(24-12-9-16(25)10-13-24)22-11-8-18(26)23(2)14-15-6-4-5-7-17(15)20/h4-7,16,25H,3,8-14H2,1-2H3,(H,21,22). The van der Waals surface area contributed by atoms with E-state index in [1.807, 2.05) is 38.2 Å². The SMILES string of the molecule is CCNC(=NCCC(=O)N(C)Cc1ccccc1Br)N1CCC(O)CC1.